The summed E-state index contributed by atoms with van der Waals surface area (Å²) in [6.07, 6.45) is 2.82. The number of halogens is 1. The Balaban J connectivity index is 1.40. The number of nitrogens with zero attached hydrogens (tertiary/aromatic N) is 3. The Morgan fingerprint density at radius 3 is 2.50 bits per heavy atom. The SMILES string of the molecule is CC(=O)N1C[C@H]2CN(C(=O)CC3CCN(C(C)C)CC3)C[C@H]2[C@@H]1c1cccc(F)c1. The Morgan fingerprint density at radius 1 is 1.13 bits per heavy atom. The highest BCUT2D eigenvalue weighted by atomic mass is 19.1. The Bertz CT molecular complexity index is 790. The maximum atomic E-state index is 13.9. The van der Waals surface area contributed by atoms with Crippen molar-refractivity contribution in [3.8, 4) is 0 Å². The first kappa shape index (κ1) is 21.3. The second-order valence-corrected chi connectivity index (χ2v) is 9.67. The molecule has 0 saturated carbocycles. The molecule has 0 aliphatic carbocycles. The minimum Gasteiger partial charge on any atom is -0.342 e. The Morgan fingerprint density at radius 2 is 1.87 bits per heavy atom. The average molecular weight is 416 g/mol. The van der Waals surface area contributed by atoms with E-state index < -0.39 is 0 Å². The van der Waals surface area contributed by atoms with Gasteiger partial charge in [-0.05, 0) is 63.4 Å². The van der Waals surface area contributed by atoms with E-state index in [1.54, 1.807) is 13.0 Å². The minimum absolute atomic E-state index is 0.0217. The summed E-state index contributed by atoms with van der Waals surface area (Å²) in [7, 11) is 0. The lowest BCUT2D eigenvalue weighted by molar-refractivity contribution is -0.132. The van der Waals surface area contributed by atoms with Crippen molar-refractivity contribution in [1.29, 1.82) is 0 Å². The monoisotopic (exact) mass is 415 g/mol. The molecule has 3 aliphatic heterocycles. The lowest BCUT2D eigenvalue weighted by Crippen LogP contribution is -2.40. The zero-order valence-corrected chi connectivity index (χ0v) is 18.4. The lowest BCUT2D eigenvalue weighted by Gasteiger charge is -2.35. The molecule has 0 N–H and O–H groups in total. The van der Waals surface area contributed by atoms with Gasteiger partial charge in [0.05, 0.1) is 6.04 Å². The first-order valence-corrected chi connectivity index (χ1v) is 11.4. The molecule has 1 aromatic rings. The van der Waals surface area contributed by atoms with Crippen LogP contribution in [0, 0.1) is 23.6 Å². The van der Waals surface area contributed by atoms with Crippen molar-refractivity contribution in [2.45, 2.75) is 52.1 Å². The van der Waals surface area contributed by atoms with Crippen LogP contribution in [0.4, 0.5) is 4.39 Å². The van der Waals surface area contributed by atoms with Crippen LogP contribution in [0.5, 0.6) is 0 Å². The molecule has 3 aliphatic rings. The first-order valence-electron chi connectivity index (χ1n) is 11.4. The molecule has 0 aromatic heterocycles. The number of carbonyl (C=O) groups excluding carboxylic acids is 2. The molecule has 3 heterocycles. The van der Waals surface area contributed by atoms with Crippen molar-refractivity contribution in [3.63, 3.8) is 0 Å². The molecule has 0 spiro atoms. The number of amides is 2. The van der Waals surface area contributed by atoms with E-state index in [9.17, 15) is 14.0 Å². The highest BCUT2D eigenvalue weighted by molar-refractivity contribution is 5.77. The summed E-state index contributed by atoms with van der Waals surface area (Å²) in [5.41, 5.74) is 0.841. The van der Waals surface area contributed by atoms with Crippen LogP contribution in [0.3, 0.4) is 0 Å². The molecule has 0 radical (unpaired) electrons. The van der Waals surface area contributed by atoms with E-state index in [1.165, 1.54) is 12.1 Å². The summed E-state index contributed by atoms with van der Waals surface area (Å²) >= 11 is 0. The number of rotatable bonds is 4. The van der Waals surface area contributed by atoms with Gasteiger partial charge in [0, 0.05) is 50.9 Å². The summed E-state index contributed by atoms with van der Waals surface area (Å²) in [6, 6.07) is 7.01. The van der Waals surface area contributed by atoms with Crippen molar-refractivity contribution in [3.05, 3.63) is 35.6 Å². The molecule has 0 bridgehead atoms. The normalized spacial score (nSPS) is 27.7. The molecule has 0 unspecified atom stereocenters. The molecule has 164 valence electrons. The molecule has 4 rings (SSSR count). The molecule has 5 nitrogen and oxygen atoms in total. The number of carbonyl (C=O) groups is 2. The Labute approximate surface area is 179 Å². The van der Waals surface area contributed by atoms with Crippen LogP contribution in [0.25, 0.3) is 0 Å². The summed E-state index contributed by atoms with van der Waals surface area (Å²) in [4.78, 5) is 31.7. The van der Waals surface area contributed by atoms with E-state index in [-0.39, 0.29) is 35.5 Å². The maximum absolute atomic E-state index is 13.9. The van der Waals surface area contributed by atoms with Gasteiger partial charge in [0.2, 0.25) is 11.8 Å². The van der Waals surface area contributed by atoms with Gasteiger partial charge in [0.1, 0.15) is 5.82 Å². The molecule has 30 heavy (non-hydrogen) atoms. The molecule has 3 fully saturated rings. The Kier molecular flexibility index (Phi) is 6.14. The van der Waals surface area contributed by atoms with Crippen molar-refractivity contribution < 1.29 is 14.0 Å². The molecule has 3 saturated heterocycles. The first-order chi connectivity index (χ1) is 14.3. The van der Waals surface area contributed by atoms with Crippen LogP contribution in [-0.2, 0) is 9.59 Å². The number of fused-ring (bicyclic) bond motifs is 1. The summed E-state index contributed by atoms with van der Waals surface area (Å²) in [5.74, 6) is 0.920. The third-order valence-electron chi connectivity index (χ3n) is 7.45. The van der Waals surface area contributed by atoms with E-state index in [2.05, 4.69) is 18.7 Å². The minimum atomic E-state index is -0.280. The zero-order chi connectivity index (χ0) is 21.4. The van der Waals surface area contributed by atoms with E-state index >= 15 is 0 Å². The quantitative estimate of drug-likeness (QED) is 0.758. The van der Waals surface area contributed by atoms with E-state index in [0.717, 1.165) is 31.5 Å². The van der Waals surface area contributed by atoms with Crippen molar-refractivity contribution >= 4 is 11.8 Å². The van der Waals surface area contributed by atoms with E-state index in [4.69, 9.17) is 0 Å². The fourth-order valence-electron chi connectivity index (χ4n) is 5.74. The van der Waals surface area contributed by atoms with Crippen LogP contribution in [0.15, 0.2) is 24.3 Å². The van der Waals surface area contributed by atoms with Crippen LogP contribution in [0.2, 0.25) is 0 Å². The Hall–Kier alpha value is -1.95. The van der Waals surface area contributed by atoms with Gasteiger partial charge in [-0.2, -0.15) is 0 Å². The predicted molar refractivity (Wildman–Crippen MR) is 114 cm³/mol. The summed E-state index contributed by atoms with van der Waals surface area (Å²) < 4.78 is 13.9. The van der Waals surface area contributed by atoms with Gasteiger partial charge in [-0.25, -0.2) is 4.39 Å². The van der Waals surface area contributed by atoms with Crippen LogP contribution in [-0.4, -0.2) is 65.3 Å². The second-order valence-electron chi connectivity index (χ2n) is 9.67. The molecule has 2 amide bonds. The largest absolute Gasteiger partial charge is 0.342 e. The highest BCUT2D eigenvalue weighted by Crippen LogP contribution is 2.45. The van der Waals surface area contributed by atoms with Gasteiger partial charge in [-0.1, -0.05) is 12.1 Å². The number of hydrogen-bond donors (Lipinski definition) is 0. The van der Waals surface area contributed by atoms with E-state index in [1.807, 2.05) is 15.9 Å². The smallest absolute Gasteiger partial charge is 0.222 e. The topological polar surface area (TPSA) is 43.9 Å². The third kappa shape index (κ3) is 4.25. The average Bonchev–Trinajstić information content (AvgIpc) is 3.26. The van der Waals surface area contributed by atoms with Gasteiger partial charge < -0.3 is 14.7 Å². The molecular formula is C24H34FN3O2. The van der Waals surface area contributed by atoms with Gasteiger partial charge in [-0.3, -0.25) is 9.59 Å². The fraction of sp³-hybridized carbons (Fsp3) is 0.667. The van der Waals surface area contributed by atoms with Crippen LogP contribution in [0.1, 0.15) is 51.6 Å². The zero-order valence-electron chi connectivity index (χ0n) is 18.4. The van der Waals surface area contributed by atoms with Crippen molar-refractivity contribution in [2.24, 2.45) is 17.8 Å². The van der Waals surface area contributed by atoms with E-state index in [0.29, 0.717) is 38.0 Å². The number of piperidine rings is 1. The van der Waals surface area contributed by atoms with Crippen LogP contribution >= 0.6 is 0 Å². The van der Waals surface area contributed by atoms with Gasteiger partial charge in [-0.15, -0.1) is 0 Å². The number of benzene rings is 1. The summed E-state index contributed by atoms with van der Waals surface area (Å²) in [6.45, 7) is 10.2. The predicted octanol–water partition coefficient (Wildman–Crippen LogP) is 3.31. The maximum Gasteiger partial charge on any atom is 0.222 e. The fourth-order valence-corrected chi connectivity index (χ4v) is 5.74. The van der Waals surface area contributed by atoms with Crippen LogP contribution < -0.4 is 0 Å². The van der Waals surface area contributed by atoms with Gasteiger partial charge >= 0.3 is 0 Å². The molecule has 6 heteroatoms. The molecule has 3 atom stereocenters. The second kappa shape index (κ2) is 8.66. The van der Waals surface area contributed by atoms with Crippen molar-refractivity contribution in [1.82, 2.24) is 14.7 Å². The third-order valence-corrected chi connectivity index (χ3v) is 7.45. The summed E-state index contributed by atoms with van der Waals surface area (Å²) in [5, 5.41) is 0. The number of hydrogen-bond acceptors (Lipinski definition) is 3. The lowest BCUT2D eigenvalue weighted by atomic mass is 9.89. The van der Waals surface area contributed by atoms with Gasteiger partial charge in [0.25, 0.3) is 0 Å². The molecular weight excluding hydrogens is 381 g/mol. The molecule has 1 aromatic carbocycles. The highest BCUT2D eigenvalue weighted by Gasteiger charge is 2.49. The van der Waals surface area contributed by atoms with Gasteiger partial charge in [0.15, 0.2) is 0 Å². The van der Waals surface area contributed by atoms with Crippen molar-refractivity contribution in [2.75, 3.05) is 32.7 Å². The standard InChI is InChI=1S/C24H34FN3O2/c1-16(2)26-9-7-18(8-10-26)11-23(30)27-13-20-14-28(17(3)29)24(22(20)15-27)19-5-4-6-21(25)12-19/h4-6,12,16,18,20,22,24H,7-11,13-15H2,1-3H3/t20-,22-,24+/m1/s1. The number of likely N-dealkylation sites (tertiary alicyclic amines) is 3.